The Kier molecular flexibility index (Phi) is 5.61. The standard InChI is InChI=1S/C26H26N2O4/c1-16-7-8-19(14-17(16)2)24(29)22-23(18-9-11-20(12-10-18)27(3)4)28(26(31)25(22)30)15-21-6-5-13-32-21/h5-14,23,29H,15H2,1-4H3/b24-22-. The van der Waals surface area contributed by atoms with E-state index in [0.717, 1.165) is 22.4 Å². The van der Waals surface area contributed by atoms with Crippen LogP contribution in [-0.4, -0.2) is 35.8 Å². The number of nitrogens with zero attached hydrogens (tertiary/aromatic N) is 2. The zero-order valence-corrected chi connectivity index (χ0v) is 18.6. The summed E-state index contributed by atoms with van der Waals surface area (Å²) in [5.74, 6) is -0.967. The molecule has 1 fully saturated rings. The number of aliphatic hydroxyl groups is 1. The largest absolute Gasteiger partial charge is 0.507 e. The summed E-state index contributed by atoms with van der Waals surface area (Å²) in [7, 11) is 3.88. The molecule has 0 spiro atoms. The Labute approximate surface area is 187 Å². The van der Waals surface area contributed by atoms with E-state index in [1.165, 1.54) is 11.2 Å². The maximum absolute atomic E-state index is 13.1. The Hall–Kier alpha value is -3.80. The molecule has 0 aliphatic carbocycles. The second-order valence-corrected chi connectivity index (χ2v) is 8.29. The van der Waals surface area contributed by atoms with Crippen molar-refractivity contribution >= 4 is 23.1 Å². The number of aryl methyl sites for hydroxylation is 2. The van der Waals surface area contributed by atoms with Crippen LogP contribution >= 0.6 is 0 Å². The molecular formula is C26H26N2O4. The first-order valence-corrected chi connectivity index (χ1v) is 10.4. The minimum Gasteiger partial charge on any atom is -0.507 e. The smallest absolute Gasteiger partial charge is 0.296 e. The van der Waals surface area contributed by atoms with Gasteiger partial charge in [-0.25, -0.2) is 0 Å². The van der Waals surface area contributed by atoms with Crippen LogP contribution in [0.3, 0.4) is 0 Å². The molecule has 0 bridgehead atoms. The van der Waals surface area contributed by atoms with Crippen LogP contribution in [0.4, 0.5) is 5.69 Å². The van der Waals surface area contributed by atoms with Gasteiger partial charge in [0.25, 0.3) is 11.7 Å². The van der Waals surface area contributed by atoms with Crippen LogP contribution in [0.1, 0.15) is 34.1 Å². The zero-order chi connectivity index (χ0) is 23.0. The number of carbonyl (C=O) groups is 2. The van der Waals surface area contributed by atoms with Crippen molar-refractivity contribution in [3.05, 3.63) is 94.4 Å². The van der Waals surface area contributed by atoms with Crippen molar-refractivity contribution in [2.45, 2.75) is 26.4 Å². The fourth-order valence-electron chi connectivity index (χ4n) is 3.96. The van der Waals surface area contributed by atoms with Crippen molar-refractivity contribution in [2.24, 2.45) is 0 Å². The average molecular weight is 431 g/mol. The number of aliphatic hydroxyl groups excluding tert-OH is 1. The molecule has 2 aromatic carbocycles. The van der Waals surface area contributed by atoms with Crippen molar-refractivity contribution in [2.75, 3.05) is 19.0 Å². The summed E-state index contributed by atoms with van der Waals surface area (Å²) in [6.07, 6.45) is 1.53. The van der Waals surface area contributed by atoms with Crippen LogP contribution in [0.2, 0.25) is 0 Å². The van der Waals surface area contributed by atoms with E-state index in [-0.39, 0.29) is 17.9 Å². The summed E-state index contributed by atoms with van der Waals surface area (Å²) in [6.45, 7) is 4.05. The van der Waals surface area contributed by atoms with Crippen molar-refractivity contribution in [3.8, 4) is 0 Å². The number of carbonyl (C=O) groups excluding carboxylic acids is 2. The summed E-state index contributed by atoms with van der Waals surface area (Å²) in [5, 5.41) is 11.2. The summed E-state index contributed by atoms with van der Waals surface area (Å²) in [4.78, 5) is 29.6. The Morgan fingerprint density at radius 2 is 1.75 bits per heavy atom. The lowest BCUT2D eigenvalue weighted by molar-refractivity contribution is -0.140. The highest BCUT2D eigenvalue weighted by Gasteiger charge is 2.46. The molecule has 1 aliphatic heterocycles. The number of benzene rings is 2. The van der Waals surface area contributed by atoms with Crippen molar-refractivity contribution in [3.63, 3.8) is 0 Å². The summed E-state index contributed by atoms with van der Waals surface area (Å²) >= 11 is 0. The lowest BCUT2D eigenvalue weighted by atomic mass is 9.94. The molecule has 2 heterocycles. The predicted octanol–water partition coefficient (Wildman–Crippen LogP) is 4.58. The van der Waals surface area contributed by atoms with E-state index in [4.69, 9.17) is 4.42 Å². The summed E-state index contributed by atoms with van der Waals surface area (Å²) in [5.41, 5.74) is 4.40. The quantitative estimate of drug-likeness (QED) is 0.364. The first kappa shape index (κ1) is 21.4. The Morgan fingerprint density at radius 3 is 2.34 bits per heavy atom. The monoisotopic (exact) mass is 430 g/mol. The third kappa shape index (κ3) is 3.80. The van der Waals surface area contributed by atoms with Gasteiger partial charge in [-0.1, -0.05) is 24.3 Å². The van der Waals surface area contributed by atoms with E-state index >= 15 is 0 Å². The molecule has 1 atom stereocenters. The number of ketones is 1. The van der Waals surface area contributed by atoms with E-state index in [1.807, 2.05) is 69.2 Å². The Morgan fingerprint density at radius 1 is 1.03 bits per heavy atom. The van der Waals surface area contributed by atoms with Gasteiger partial charge in [0, 0.05) is 25.3 Å². The number of Topliss-reactive ketones (excluding diaryl/α,β-unsaturated/α-hetero) is 1. The molecule has 1 unspecified atom stereocenters. The first-order valence-electron chi connectivity index (χ1n) is 10.4. The number of anilines is 1. The first-order chi connectivity index (χ1) is 15.3. The molecule has 32 heavy (non-hydrogen) atoms. The lowest BCUT2D eigenvalue weighted by Crippen LogP contribution is -2.29. The molecule has 1 aromatic heterocycles. The van der Waals surface area contributed by atoms with Crippen molar-refractivity contribution in [1.29, 1.82) is 0 Å². The van der Waals surface area contributed by atoms with Crippen LogP contribution in [-0.2, 0) is 16.1 Å². The molecule has 6 heteroatoms. The number of amides is 1. The maximum Gasteiger partial charge on any atom is 0.296 e. The molecule has 4 rings (SSSR count). The Bertz CT molecular complexity index is 1190. The van der Waals surface area contributed by atoms with E-state index in [9.17, 15) is 14.7 Å². The second kappa shape index (κ2) is 8.38. The van der Waals surface area contributed by atoms with Crippen molar-refractivity contribution in [1.82, 2.24) is 4.90 Å². The van der Waals surface area contributed by atoms with Gasteiger partial charge in [0.2, 0.25) is 0 Å². The van der Waals surface area contributed by atoms with Gasteiger partial charge >= 0.3 is 0 Å². The average Bonchev–Trinajstić information content (AvgIpc) is 3.37. The molecule has 1 amide bonds. The van der Waals surface area contributed by atoms with Gasteiger partial charge in [-0.05, 0) is 60.9 Å². The maximum atomic E-state index is 13.1. The van der Waals surface area contributed by atoms with Crippen LogP contribution in [0.5, 0.6) is 0 Å². The highest BCUT2D eigenvalue weighted by atomic mass is 16.3. The summed E-state index contributed by atoms with van der Waals surface area (Å²) < 4.78 is 5.43. The third-order valence-electron chi connectivity index (χ3n) is 5.95. The fraction of sp³-hybridized carbons (Fsp3) is 0.231. The van der Waals surface area contributed by atoms with Gasteiger partial charge in [0.05, 0.1) is 24.4 Å². The van der Waals surface area contributed by atoms with Crippen LogP contribution in [0, 0.1) is 13.8 Å². The molecule has 164 valence electrons. The molecular weight excluding hydrogens is 404 g/mol. The van der Waals surface area contributed by atoms with Gasteiger partial charge in [-0.2, -0.15) is 0 Å². The molecule has 1 saturated heterocycles. The number of rotatable bonds is 5. The van der Waals surface area contributed by atoms with E-state index < -0.39 is 17.7 Å². The second-order valence-electron chi connectivity index (χ2n) is 8.29. The number of likely N-dealkylation sites (tertiary alicyclic amines) is 1. The van der Waals surface area contributed by atoms with Crippen LogP contribution in [0.25, 0.3) is 5.76 Å². The van der Waals surface area contributed by atoms with Crippen LogP contribution in [0.15, 0.2) is 70.9 Å². The van der Waals surface area contributed by atoms with Gasteiger partial charge in [-0.3, -0.25) is 9.59 Å². The SMILES string of the molecule is Cc1ccc(/C(O)=C2/C(=O)C(=O)N(Cc3ccco3)C2c2ccc(N(C)C)cc2)cc1C. The van der Waals surface area contributed by atoms with E-state index in [1.54, 1.807) is 18.2 Å². The fourth-order valence-corrected chi connectivity index (χ4v) is 3.96. The zero-order valence-electron chi connectivity index (χ0n) is 18.6. The number of hydrogen-bond acceptors (Lipinski definition) is 5. The Balaban J connectivity index is 1.86. The molecule has 3 aromatic rings. The van der Waals surface area contributed by atoms with Gasteiger partial charge in [0.1, 0.15) is 11.5 Å². The molecule has 6 nitrogen and oxygen atoms in total. The minimum atomic E-state index is -0.724. The van der Waals surface area contributed by atoms with E-state index in [0.29, 0.717) is 11.3 Å². The normalized spacial score (nSPS) is 17.8. The number of hydrogen-bond donors (Lipinski definition) is 1. The van der Waals surface area contributed by atoms with E-state index in [2.05, 4.69) is 0 Å². The van der Waals surface area contributed by atoms with Gasteiger partial charge < -0.3 is 19.3 Å². The van der Waals surface area contributed by atoms with Crippen molar-refractivity contribution < 1.29 is 19.1 Å². The highest BCUT2D eigenvalue weighted by Crippen LogP contribution is 2.40. The number of furan rings is 1. The van der Waals surface area contributed by atoms with Gasteiger partial charge in [-0.15, -0.1) is 0 Å². The molecule has 1 aliphatic rings. The molecule has 1 N–H and O–H groups in total. The third-order valence-corrected chi connectivity index (χ3v) is 5.95. The molecule has 0 saturated carbocycles. The van der Waals surface area contributed by atoms with Crippen LogP contribution < -0.4 is 4.90 Å². The highest BCUT2D eigenvalue weighted by molar-refractivity contribution is 6.46. The predicted molar refractivity (Wildman–Crippen MR) is 123 cm³/mol. The lowest BCUT2D eigenvalue weighted by Gasteiger charge is -2.25. The summed E-state index contributed by atoms with van der Waals surface area (Å²) in [6, 6.07) is 15.9. The minimum absolute atomic E-state index is 0.0856. The molecule has 0 radical (unpaired) electrons. The topological polar surface area (TPSA) is 74.0 Å². The van der Waals surface area contributed by atoms with Gasteiger partial charge in [0.15, 0.2) is 0 Å².